The molecular formula is C30H39N7O4S. The van der Waals surface area contributed by atoms with Crippen molar-refractivity contribution >= 4 is 31.8 Å². The number of nitrogens with zero attached hydrogens (tertiary/aromatic N) is 7. The normalized spacial score (nSPS) is 14.6. The molecule has 42 heavy (non-hydrogen) atoms. The zero-order valence-corrected chi connectivity index (χ0v) is 25.6. The molecular weight excluding hydrogens is 554 g/mol. The predicted octanol–water partition coefficient (Wildman–Crippen LogP) is 4.38. The highest BCUT2D eigenvalue weighted by molar-refractivity contribution is 7.88. The third-order valence-corrected chi connectivity index (χ3v) is 9.99. The number of aromatic nitrogens is 2. The van der Waals surface area contributed by atoms with Crippen LogP contribution in [0.5, 0.6) is 0 Å². The van der Waals surface area contributed by atoms with Crippen molar-refractivity contribution in [3.63, 3.8) is 0 Å². The standard InChI is InChI=1S/C30H39N7O4S/c1-33(2)15-11-24-20-36(31-38)28-9-7-22(17-26(24)28)19-30-25(12-16-34(3)4)27-18-23(8-10-29(27)37(30)32-39)21-42(40,41)35-13-5-6-14-35/h7-10,17-18,20H,5-6,11-16,19,21H2,1-4H3. The molecule has 1 aliphatic heterocycles. The Morgan fingerprint density at radius 1 is 0.810 bits per heavy atom. The van der Waals surface area contributed by atoms with Crippen LogP contribution in [0.25, 0.3) is 21.8 Å². The van der Waals surface area contributed by atoms with Gasteiger partial charge in [-0.15, -0.1) is 9.81 Å². The summed E-state index contributed by atoms with van der Waals surface area (Å²) < 4.78 is 30.5. The molecule has 1 saturated heterocycles. The molecule has 12 heteroatoms. The van der Waals surface area contributed by atoms with E-state index in [-0.39, 0.29) is 5.75 Å². The Morgan fingerprint density at radius 3 is 2.12 bits per heavy atom. The van der Waals surface area contributed by atoms with Crippen LogP contribution in [0.3, 0.4) is 0 Å². The molecule has 11 nitrogen and oxygen atoms in total. The summed E-state index contributed by atoms with van der Waals surface area (Å²) in [6.45, 7) is 2.72. The fraction of sp³-hybridized carbons (Fsp3) is 0.467. The zero-order chi connectivity index (χ0) is 30.0. The van der Waals surface area contributed by atoms with Gasteiger partial charge in [0.15, 0.2) is 0 Å². The molecule has 0 unspecified atom stereocenters. The van der Waals surface area contributed by atoms with Crippen molar-refractivity contribution < 1.29 is 8.42 Å². The molecule has 0 atom stereocenters. The van der Waals surface area contributed by atoms with Gasteiger partial charge in [-0.05, 0) is 100 Å². The van der Waals surface area contributed by atoms with E-state index >= 15 is 0 Å². The monoisotopic (exact) mass is 593 g/mol. The fourth-order valence-electron chi connectivity index (χ4n) is 5.93. The molecule has 224 valence electrons. The third-order valence-electron chi connectivity index (χ3n) is 8.14. The Kier molecular flexibility index (Phi) is 8.88. The van der Waals surface area contributed by atoms with Crippen LogP contribution in [-0.2, 0) is 35.0 Å². The smallest absolute Gasteiger partial charge is 0.218 e. The molecule has 0 amide bonds. The van der Waals surface area contributed by atoms with E-state index in [9.17, 15) is 18.2 Å². The Balaban J connectivity index is 1.57. The first-order valence-corrected chi connectivity index (χ1v) is 15.9. The van der Waals surface area contributed by atoms with Crippen molar-refractivity contribution in [3.8, 4) is 0 Å². The number of benzene rings is 2. The average molecular weight is 594 g/mol. The van der Waals surface area contributed by atoms with Gasteiger partial charge in [0.25, 0.3) is 0 Å². The van der Waals surface area contributed by atoms with Gasteiger partial charge in [0.05, 0.1) is 33.1 Å². The van der Waals surface area contributed by atoms with Gasteiger partial charge in [-0.3, -0.25) is 0 Å². The SMILES string of the molecule is CN(C)CCc1cn(N=O)c2ccc(Cc3c(CCN(C)C)c4cc(CS(=O)(=O)N5CCCC5)ccc4n3N=O)cc12. The molecule has 0 radical (unpaired) electrons. The Hall–Kier alpha value is -3.45. The first kappa shape index (κ1) is 30.0. The Labute approximate surface area is 246 Å². The largest absolute Gasteiger partial charge is 0.309 e. The van der Waals surface area contributed by atoms with E-state index in [1.165, 1.54) is 9.35 Å². The van der Waals surface area contributed by atoms with Crippen LogP contribution >= 0.6 is 0 Å². The van der Waals surface area contributed by atoms with Gasteiger partial charge in [0, 0.05) is 49.6 Å². The lowest BCUT2D eigenvalue weighted by Gasteiger charge is -2.15. The van der Waals surface area contributed by atoms with Gasteiger partial charge in [-0.1, -0.05) is 12.1 Å². The quantitative estimate of drug-likeness (QED) is 0.213. The second kappa shape index (κ2) is 12.4. The van der Waals surface area contributed by atoms with Crippen molar-refractivity contribution in [2.75, 3.05) is 54.4 Å². The number of nitroso groups, excluding NO2 is 2. The summed E-state index contributed by atoms with van der Waals surface area (Å²) in [6, 6.07) is 11.4. The predicted molar refractivity (Wildman–Crippen MR) is 167 cm³/mol. The maximum Gasteiger partial charge on any atom is 0.218 e. The van der Waals surface area contributed by atoms with E-state index in [0.717, 1.165) is 71.0 Å². The summed E-state index contributed by atoms with van der Waals surface area (Å²) in [4.78, 5) is 28.0. The molecule has 0 N–H and O–H groups in total. The maximum atomic E-state index is 13.1. The highest BCUT2D eigenvalue weighted by atomic mass is 32.2. The molecule has 1 aliphatic rings. The van der Waals surface area contributed by atoms with Gasteiger partial charge in [-0.25, -0.2) is 22.1 Å². The van der Waals surface area contributed by atoms with E-state index in [0.29, 0.717) is 37.0 Å². The first-order chi connectivity index (χ1) is 20.1. The van der Waals surface area contributed by atoms with Crippen LogP contribution in [0.4, 0.5) is 0 Å². The van der Waals surface area contributed by atoms with Gasteiger partial charge >= 0.3 is 0 Å². The maximum absolute atomic E-state index is 13.1. The Bertz CT molecular complexity index is 1720. The summed E-state index contributed by atoms with van der Waals surface area (Å²) in [7, 11) is 4.61. The van der Waals surface area contributed by atoms with Crippen LogP contribution < -0.4 is 0 Å². The number of rotatable bonds is 13. The molecule has 2 aromatic heterocycles. The lowest BCUT2D eigenvalue weighted by atomic mass is 9.99. The fourth-order valence-corrected chi connectivity index (χ4v) is 7.52. The number of hydrogen-bond acceptors (Lipinski definition) is 8. The molecule has 0 spiro atoms. The van der Waals surface area contributed by atoms with Gasteiger partial charge in [0.1, 0.15) is 0 Å². The molecule has 1 fully saturated rings. The number of hydrogen-bond donors (Lipinski definition) is 0. The summed E-state index contributed by atoms with van der Waals surface area (Å²) in [5.74, 6) is -0.0702. The summed E-state index contributed by atoms with van der Waals surface area (Å²) >= 11 is 0. The topological polar surface area (TPSA) is 113 Å². The second-order valence-corrected chi connectivity index (χ2v) is 13.7. The van der Waals surface area contributed by atoms with Crippen molar-refractivity contribution in [1.82, 2.24) is 23.5 Å². The summed E-state index contributed by atoms with van der Waals surface area (Å²) in [5, 5.41) is 8.40. The highest BCUT2D eigenvalue weighted by Crippen LogP contribution is 2.32. The first-order valence-electron chi connectivity index (χ1n) is 14.3. The number of likely N-dealkylation sites (N-methyl/N-ethyl adjacent to an activating group) is 2. The summed E-state index contributed by atoms with van der Waals surface area (Å²) in [5.41, 5.74) is 5.89. The highest BCUT2D eigenvalue weighted by Gasteiger charge is 2.26. The van der Waals surface area contributed by atoms with Crippen molar-refractivity contribution in [3.05, 3.63) is 80.4 Å². The van der Waals surface area contributed by atoms with Crippen LogP contribution in [0.2, 0.25) is 0 Å². The minimum absolute atomic E-state index is 0.0702. The molecule has 2 aromatic carbocycles. The second-order valence-electron chi connectivity index (χ2n) is 11.7. The van der Waals surface area contributed by atoms with Crippen molar-refractivity contribution in [2.45, 2.75) is 37.9 Å². The summed E-state index contributed by atoms with van der Waals surface area (Å²) in [6.07, 6.45) is 5.46. The van der Waals surface area contributed by atoms with E-state index in [1.807, 2.05) is 52.5 Å². The average Bonchev–Trinajstić information content (AvgIpc) is 3.67. The van der Waals surface area contributed by atoms with Gasteiger partial charge in [0.2, 0.25) is 10.0 Å². The minimum atomic E-state index is -3.41. The Morgan fingerprint density at radius 2 is 1.45 bits per heavy atom. The zero-order valence-electron chi connectivity index (χ0n) is 24.8. The molecule has 3 heterocycles. The van der Waals surface area contributed by atoms with Crippen LogP contribution in [-0.4, -0.2) is 86.2 Å². The van der Waals surface area contributed by atoms with Gasteiger partial charge < -0.3 is 9.80 Å². The molecule has 0 bridgehead atoms. The lowest BCUT2D eigenvalue weighted by molar-refractivity contribution is 0.413. The van der Waals surface area contributed by atoms with Crippen LogP contribution in [0.1, 0.15) is 40.8 Å². The van der Waals surface area contributed by atoms with Crippen LogP contribution in [0.15, 0.2) is 53.2 Å². The van der Waals surface area contributed by atoms with E-state index < -0.39 is 10.0 Å². The lowest BCUT2D eigenvalue weighted by Crippen LogP contribution is -2.29. The van der Waals surface area contributed by atoms with Crippen molar-refractivity contribution in [2.24, 2.45) is 10.6 Å². The van der Waals surface area contributed by atoms with E-state index in [4.69, 9.17) is 0 Å². The third kappa shape index (κ3) is 6.17. The minimum Gasteiger partial charge on any atom is -0.309 e. The van der Waals surface area contributed by atoms with Crippen LogP contribution in [0, 0.1) is 9.81 Å². The molecule has 4 aromatic rings. The molecule has 5 rings (SSSR count). The molecule has 0 aliphatic carbocycles. The number of sulfonamides is 1. The number of fused-ring (bicyclic) bond motifs is 2. The van der Waals surface area contributed by atoms with E-state index in [2.05, 4.69) is 26.4 Å². The van der Waals surface area contributed by atoms with Crippen molar-refractivity contribution in [1.29, 1.82) is 0 Å². The van der Waals surface area contributed by atoms with Gasteiger partial charge in [-0.2, -0.15) is 0 Å². The van der Waals surface area contributed by atoms with E-state index in [1.54, 1.807) is 16.6 Å². The molecule has 0 saturated carbocycles.